The van der Waals surface area contributed by atoms with Gasteiger partial charge in [-0.3, -0.25) is 9.59 Å². The van der Waals surface area contributed by atoms with Crippen molar-refractivity contribution >= 4 is 57.6 Å². The Labute approximate surface area is 285 Å². The summed E-state index contributed by atoms with van der Waals surface area (Å²) in [5, 5.41) is 30.5. The maximum Gasteiger partial charge on any atom is 0.513 e. The maximum atomic E-state index is 12.4. The summed E-state index contributed by atoms with van der Waals surface area (Å²) in [6.07, 6.45) is 9.09. The van der Waals surface area contributed by atoms with Crippen LogP contribution in [0.3, 0.4) is 0 Å². The van der Waals surface area contributed by atoms with E-state index in [0.717, 1.165) is 31.7 Å². The van der Waals surface area contributed by atoms with Crippen LogP contribution in [0.4, 0.5) is 4.79 Å². The molecule has 12 heteroatoms. The summed E-state index contributed by atoms with van der Waals surface area (Å²) in [6.45, 7) is 3.91. The quantitative estimate of drug-likeness (QED) is 0.0341. The van der Waals surface area contributed by atoms with Gasteiger partial charge in [0, 0.05) is 15.3 Å². The van der Waals surface area contributed by atoms with E-state index in [2.05, 4.69) is 4.74 Å². The minimum Gasteiger partial charge on any atom is -0.507 e. The fourth-order valence-corrected chi connectivity index (χ4v) is 7.02. The number of phenolic OH excluding ortho intramolecular Hbond substituents is 1. The first-order valence-corrected chi connectivity index (χ1v) is 17.0. The number of fused-ring (bicyclic) bond motifs is 1. The number of hydrogen-bond acceptors (Lipinski definition) is 10. The van der Waals surface area contributed by atoms with Crippen molar-refractivity contribution in [2.24, 2.45) is 0 Å². The summed E-state index contributed by atoms with van der Waals surface area (Å²) < 4.78 is 16.5. The van der Waals surface area contributed by atoms with Crippen molar-refractivity contribution in [3.05, 3.63) is 103 Å². The molecule has 3 N–H and O–H groups in total. The Hall–Kier alpha value is -4.03. The molecule has 4 aromatic rings. The van der Waals surface area contributed by atoms with Gasteiger partial charge in [-0.1, -0.05) is 49.2 Å². The van der Waals surface area contributed by atoms with E-state index in [9.17, 15) is 24.6 Å². The summed E-state index contributed by atoms with van der Waals surface area (Å²) in [6, 6.07) is 12.7. The minimum atomic E-state index is -1.60. The molecule has 248 valence electrons. The largest absolute Gasteiger partial charge is 0.513 e. The number of hydrogen-bond donors (Lipinski definition) is 3. The smallest absolute Gasteiger partial charge is 0.507 e. The first-order chi connectivity index (χ1) is 22.6. The standard InChI is InChI=1S/C35H35ClO9S2/c1-3-10-25-27(15-14-23(21(2)37)33(25)39)43-18-9-7-5-4-6-8-11-29(34(40)30-16-17-31(36)47-30)46-22-12-13-24-26(38)20-32(45-35(41)42)44-28(24)19-22/h4,6,8,11-17,19-20,29,34,39-40H,3,5,7,9-10,18H2,1-2H3,(H,41,42)/b6-4-,11-8+/t29-,34+/m0/s1. The molecule has 0 aliphatic rings. The molecular weight excluding hydrogens is 664 g/mol. The van der Waals surface area contributed by atoms with Gasteiger partial charge in [-0.15, -0.1) is 23.1 Å². The molecule has 0 aliphatic carbocycles. The average molecular weight is 699 g/mol. The number of thioether (sulfide) groups is 1. The molecule has 2 aromatic heterocycles. The number of ketones is 1. The van der Waals surface area contributed by atoms with Gasteiger partial charge in [0.05, 0.1) is 33.2 Å². The fraction of sp³-hybridized carbons (Fsp3) is 0.286. The lowest BCUT2D eigenvalue weighted by atomic mass is 10.0. The summed E-state index contributed by atoms with van der Waals surface area (Å²) in [5.74, 6) is -0.0104. The number of phenols is 1. The zero-order valence-electron chi connectivity index (χ0n) is 25.8. The van der Waals surface area contributed by atoms with Crippen molar-refractivity contribution in [2.75, 3.05) is 6.61 Å². The molecule has 0 amide bonds. The van der Waals surface area contributed by atoms with Crippen LogP contribution in [0, 0.1) is 0 Å². The van der Waals surface area contributed by atoms with E-state index in [0.29, 0.717) is 44.0 Å². The van der Waals surface area contributed by atoms with Crippen molar-refractivity contribution in [3.8, 4) is 17.4 Å². The van der Waals surface area contributed by atoms with E-state index < -0.39 is 28.9 Å². The molecule has 0 spiro atoms. The van der Waals surface area contributed by atoms with E-state index in [4.69, 9.17) is 25.9 Å². The molecule has 0 fully saturated rings. The highest BCUT2D eigenvalue weighted by Gasteiger charge is 2.22. The monoisotopic (exact) mass is 698 g/mol. The molecule has 4 rings (SSSR count). The predicted molar refractivity (Wildman–Crippen MR) is 185 cm³/mol. The normalized spacial score (nSPS) is 12.9. The Morgan fingerprint density at radius 1 is 1.11 bits per heavy atom. The Balaban J connectivity index is 1.37. The van der Waals surface area contributed by atoms with Crippen LogP contribution in [0.25, 0.3) is 11.0 Å². The summed E-state index contributed by atoms with van der Waals surface area (Å²) in [4.78, 5) is 36.5. The number of carbonyl (C=O) groups excluding carboxylic acids is 1. The molecule has 2 heterocycles. The molecule has 9 nitrogen and oxygen atoms in total. The van der Waals surface area contributed by atoms with E-state index in [1.807, 2.05) is 31.2 Å². The number of benzene rings is 2. The lowest BCUT2D eigenvalue weighted by Gasteiger charge is -2.18. The van der Waals surface area contributed by atoms with Crippen LogP contribution in [0.5, 0.6) is 17.4 Å². The van der Waals surface area contributed by atoms with Gasteiger partial charge in [0.2, 0.25) is 0 Å². The molecule has 0 radical (unpaired) electrons. The molecule has 0 saturated carbocycles. The topological polar surface area (TPSA) is 144 Å². The Bertz CT molecular complexity index is 1830. The highest BCUT2D eigenvalue weighted by molar-refractivity contribution is 8.00. The zero-order chi connectivity index (χ0) is 33.9. The number of unbranched alkanes of at least 4 members (excludes halogenated alkanes) is 2. The van der Waals surface area contributed by atoms with Gasteiger partial charge in [0.15, 0.2) is 11.2 Å². The van der Waals surface area contributed by atoms with Crippen LogP contribution in [0.15, 0.2) is 86.9 Å². The molecule has 0 unspecified atom stereocenters. The first kappa shape index (κ1) is 35.8. The van der Waals surface area contributed by atoms with Crippen LogP contribution in [-0.4, -0.2) is 39.1 Å². The molecule has 0 saturated heterocycles. The number of Topliss-reactive ketones (excluding diaryl/α,β-unsaturated/α-hetero) is 1. The van der Waals surface area contributed by atoms with Crippen molar-refractivity contribution in [1.29, 1.82) is 0 Å². The molecule has 0 bridgehead atoms. The van der Waals surface area contributed by atoms with Crippen molar-refractivity contribution < 1.29 is 38.8 Å². The molecule has 47 heavy (non-hydrogen) atoms. The molecule has 2 aromatic carbocycles. The third-order valence-electron chi connectivity index (χ3n) is 7.02. The Kier molecular flexibility index (Phi) is 13.1. The number of aliphatic hydroxyl groups is 1. The SMILES string of the molecule is CCCc1c(OCCCC/C=C\C=C\[C@H](Sc2ccc3c(=O)cc(OC(=O)O)oc3c2)[C@@H](O)c2ccc(Cl)s2)ccc(C(C)=O)c1O. The lowest BCUT2D eigenvalue weighted by Crippen LogP contribution is -2.11. The van der Waals surface area contributed by atoms with Gasteiger partial charge in [-0.2, -0.15) is 0 Å². The average Bonchev–Trinajstić information content (AvgIpc) is 3.46. The highest BCUT2D eigenvalue weighted by atomic mass is 35.5. The Morgan fingerprint density at radius 2 is 1.91 bits per heavy atom. The van der Waals surface area contributed by atoms with Gasteiger partial charge in [0.1, 0.15) is 23.2 Å². The third-order valence-corrected chi connectivity index (χ3v) is 9.54. The maximum absolute atomic E-state index is 12.4. The van der Waals surface area contributed by atoms with Gasteiger partial charge in [-0.25, -0.2) is 4.79 Å². The van der Waals surface area contributed by atoms with Crippen molar-refractivity contribution in [3.63, 3.8) is 0 Å². The van der Waals surface area contributed by atoms with Crippen LogP contribution >= 0.6 is 34.7 Å². The second-order valence-electron chi connectivity index (χ2n) is 10.5. The highest BCUT2D eigenvalue weighted by Crippen LogP contribution is 2.38. The van der Waals surface area contributed by atoms with Crippen molar-refractivity contribution in [2.45, 2.75) is 62.2 Å². The molecular formula is C35H35ClO9S2. The summed E-state index contributed by atoms with van der Waals surface area (Å²) in [7, 11) is 0. The van der Waals surface area contributed by atoms with Crippen LogP contribution in [0.1, 0.15) is 66.4 Å². The van der Waals surface area contributed by atoms with Crippen LogP contribution in [0.2, 0.25) is 4.34 Å². The van der Waals surface area contributed by atoms with Gasteiger partial charge in [-0.05, 0) is 75.1 Å². The number of allylic oxidation sites excluding steroid dienone is 3. The number of aromatic hydroxyl groups is 1. The number of carboxylic acid groups (broad SMARTS) is 1. The number of aliphatic hydroxyl groups excluding tert-OH is 1. The number of rotatable bonds is 16. The van der Waals surface area contributed by atoms with E-state index in [1.165, 1.54) is 30.0 Å². The first-order valence-electron chi connectivity index (χ1n) is 15.0. The fourth-order valence-electron chi connectivity index (χ4n) is 4.76. The van der Waals surface area contributed by atoms with E-state index in [1.54, 1.807) is 42.5 Å². The number of carbonyl (C=O) groups is 2. The number of halogens is 1. The summed E-state index contributed by atoms with van der Waals surface area (Å²) in [5.41, 5.74) is 0.684. The number of ether oxygens (including phenoxy) is 2. The van der Waals surface area contributed by atoms with Gasteiger partial charge in [0.25, 0.3) is 5.95 Å². The lowest BCUT2D eigenvalue weighted by molar-refractivity contribution is 0.101. The van der Waals surface area contributed by atoms with E-state index >= 15 is 0 Å². The number of thiophene rings is 1. The zero-order valence-corrected chi connectivity index (χ0v) is 28.2. The summed E-state index contributed by atoms with van der Waals surface area (Å²) >= 11 is 8.75. The molecule has 0 aliphatic heterocycles. The second kappa shape index (κ2) is 17.2. The van der Waals surface area contributed by atoms with Gasteiger partial charge < -0.3 is 29.2 Å². The second-order valence-corrected chi connectivity index (χ2v) is 13.5. The predicted octanol–water partition coefficient (Wildman–Crippen LogP) is 8.98. The van der Waals surface area contributed by atoms with Crippen LogP contribution in [-0.2, 0) is 6.42 Å². The minimum absolute atomic E-state index is 0.00187. The van der Waals surface area contributed by atoms with Gasteiger partial charge >= 0.3 is 6.16 Å². The third kappa shape index (κ3) is 9.98. The van der Waals surface area contributed by atoms with Crippen molar-refractivity contribution in [1.82, 2.24) is 0 Å². The van der Waals surface area contributed by atoms with Crippen LogP contribution < -0.4 is 14.9 Å². The Morgan fingerprint density at radius 3 is 2.62 bits per heavy atom. The molecule has 2 atom stereocenters. The van der Waals surface area contributed by atoms with E-state index in [-0.39, 0.29) is 22.5 Å².